The van der Waals surface area contributed by atoms with Crippen molar-refractivity contribution in [1.29, 1.82) is 0 Å². The maximum Gasteiger partial charge on any atom is 0.308 e. The predicted octanol–water partition coefficient (Wildman–Crippen LogP) is -0.311. The molecule has 0 aromatic heterocycles. The van der Waals surface area contributed by atoms with E-state index in [9.17, 15) is 27.9 Å². The van der Waals surface area contributed by atoms with Crippen LogP contribution < -0.4 is 5.11 Å². The molecule has 6 heteroatoms. The van der Waals surface area contributed by atoms with Gasteiger partial charge in [-0.15, -0.1) is 0 Å². The molecule has 0 saturated carbocycles. The molecule has 0 spiro atoms. The Kier molecular flexibility index (Phi) is 3.24. The number of alkyl halides is 3. The molecule has 1 unspecified atom stereocenters. The van der Waals surface area contributed by atoms with Crippen molar-refractivity contribution >= 4 is 11.8 Å². The molecular formula is C6H6F3O3-. The van der Waals surface area contributed by atoms with Crippen molar-refractivity contribution in [3.8, 4) is 0 Å². The minimum absolute atomic E-state index is 0.931. The summed E-state index contributed by atoms with van der Waals surface area (Å²) in [6.45, 7) is 0.944. The minimum atomic E-state index is -3.93. The van der Waals surface area contributed by atoms with Crippen LogP contribution in [0.4, 0.5) is 13.2 Å². The Hall–Kier alpha value is -1.07. The van der Waals surface area contributed by atoms with Gasteiger partial charge < -0.3 is 9.90 Å². The monoisotopic (exact) mass is 183 g/mol. The van der Waals surface area contributed by atoms with Crippen LogP contribution in [0.15, 0.2) is 0 Å². The maximum absolute atomic E-state index is 12.3. The lowest BCUT2D eigenvalue weighted by molar-refractivity contribution is -0.310. The number of ketones is 1. The predicted molar refractivity (Wildman–Crippen MR) is 30.1 cm³/mol. The Bertz CT molecular complexity index is 202. The van der Waals surface area contributed by atoms with Crippen LogP contribution in [0.2, 0.25) is 0 Å². The van der Waals surface area contributed by atoms with Gasteiger partial charge >= 0.3 is 5.92 Å². The van der Waals surface area contributed by atoms with E-state index in [0.717, 1.165) is 6.92 Å². The first kappa shape index (κ1) is 10.9. The Labute approximate surface area is 66.2 Å². The molecule has 0 radical (unpaired) electrons. The van der Waals surface area contributed by atoms with Crippen LogP contribution in [0.25, 0.3) is 0 Å². The standard InChI is InChI=1S/C6H7F3O3/c1-2-6(8,9)4(10)3(7)5(11)12/h3H,2H2,1H3,(H,11,12)/p-1. The van der Waals surface area contributed by atoms with E-state index in [0.29, 0.717) is 0 Å². The largest absolute Gasteiger partial charge is 0.546 e. The molecule has 0 heterocycles. The summed E-state index contributed by atoms with van der Waals surface area (Å²) >= 11 is 0. The van der Waals surface area contributed by atoms with Crippen molar-refractivity contribution in [2.75, 3.05) is 0 Å². The molecule has 0 aromatic carbocycles. The van der Waals surface area contributed by atoms with Gasteiger partial charge in [-0.25, -0.2) is 4.39 Å². The lowest BCUT2D eigenvalue weighted by Gasteiger charge is -2.15. The second-order valence-corrected chi connectivity index (χ2v) is 2.10. The average molecular weight is 183 g/mol. The fraction of sp³-hybridized carbons (Fsp3) is 0.667. The van der Waals surface area contributed by atoms with Crippen LogP contribution in [0.1, 0.15) is 13.3 Å². The van der Waals surface area contributed by atoms with Crippen molar-refractivity contribution in [2.45, 2.75) is 25.4 Å². The van der Waals surface area contributed by atoms with Gasteiger partial charge in [0.15, 0.2) is 0 Å². The Morgan fingerprint density at radius 2 is 1.92 bits per heavy atom. The van der Waals surface area contributed by atoms with Crippen LogP contribution >= 0.6 is 0 Å². The SMILES string of the molecule is CCC(F)(F)C(=O)C(F)C(=O)[O-]. The highest BCUT2D eigenvalue weighted by molar-refractivity contribution is 6.03. The van der Waals surface area contributed by atoms with Crippen molar-refractivity contribution in [1.82, 2.24) is 0 Å². The van der Waals surface area contributed by atoms with Gasteiger partial charge in [-0.3, -0.25) is 4.79 Å². The van der Waals surface area contributed by atoms with Gasteiger partial charge in [0, 0.05) is 6.42 Å². The van der Waals surface area contributed by atoms with Gasteiger partial charge in [-0.2, -0.15) is 8.78 Å². The molecule has 0 aromatic rings. The maximum atomic E-state index is 12.3. The zero-order valence-corrected chi connectivity index (χ0v) is 6.14. The summed E-state index contributed by atoms with van der Waals surface area (Å²) in [5, 5.41) is 9.66. The highest BCUT2D eigenvalue weighted by Gasteiger charge is 2.42. The number of hydrogen-bond acceptors (Lipinski definition) is 3. The van der Waals surface area contributed by atoms with Gasteiger partial charge in [0.2, 0.25) is 12.0 Å². The first-order chi connectivity index (χ1) is 5.33. The van der Waals surface area contributed by atoms with Crippen molar-refractivity contribution in [3.05, 3.63) is 0 Å². The second-order valence-electron chi connectivity index (χ2n) is 2.10. The number of carboxylic acids is 1. The molecule has 12 heavy (non-hydrogen) atoms. The van der Waals surface area contributed by atoms with E-state index < -0.39 is 30.3 Å². The third kappa shape index (κ3) is 2.21. The van der Waals surface area contributed by atoms with Gasteiger partial charge in [-0.1, -0.05) is 6.92 Å². The van der Waals surface area contributed by atoms with Crippen molar-refractivity contribution in [2.24, 2.45) is 0 Å². The van der Waals surface area contributed by atoms with E-state index in [-0.39, 0.29) is 0 Å². The van der Waals surface area contributed by atoms with Crippen molar-refractivity contribution in [3.63, 3.8) is 0 Å². The zero-order valence-electron chi connectivity index (χ0n) is 6.14. The van der Waals surface area contributed by atoms with E-state index in [1.807, 2.05) is 0 Å². The molecule has 0 saturated heterocycles. The molecular weight excluding hydrogens is 177 g/mol. The van der Waals surface area contributed by atoms with Crippen LogP contribution in [-0.4, -0.2) is 23.8 Å². The van der Waals surface area contributed by atoms with Crippen LogP contribution in [0, 0.1) is 0 Å². The molecule has 0 rings (SSSR count). The molecule has 0 aliphatic heterocycles. The summed E-state index contributed by atoms with van der Waals surface area (Å²) in [7, 11) is 0. The van der Waals surface area contributed by atoms with E-state index in [4.69, 9.17) is 0 Å². The van der Waals surface area contributed by atoms with Gasteiger partial charge in [-0.05, 0) is 0 Å². The Morgan fingerprint density at radius 3 is 2.17 bits per heavy atom. The van der Waals surface area contributed by atoms with E-state index in [2.05, 4.69) is 0 Å². The highest BCUT2D eigenvalue weighted by atomic mass is 19.3. The average Bonchev–Trinajstić information content (AvgIpc) is 2.01. The third-order valence-corrected chi connectivity index (χ3v) is 1.24. The minimum Gasteiger partial charge on any atom is -0.546 e. The third-order valence-electron chi connectivity index (χ3n) is 1.24. The van der Waals surface area contributed by atoms with Gasteiger partial charge in [0.25, 0.3) is 0 Å². The Morgan fingerprint density at radius 1 is 1.50 bits per heavy atom. The Balaban J connectivity index is 4.49. The molecule has 1 atom stereocenters. The number of rotatable bonds is 4. The topological polar surface area (TPSA) is 57.2 Å². The van der Waals surface area contributed by atoms with Crippen LogP contribution in [0.5, 0.6) is 0 Å². The lowest BCUT2D eigenvalue weighted by atomic mass is 10.1. The molecule has 3 nitrogen and oxygen atoms in total. The summed E-state index contributed by atoms with van der Waals surface area (Å²) in [4.78, 5) is 20.0. The fourth-order valence-corrected chi connectivity index (χ4v) is 0.467. The molecule has 0 N–H and O–H groups in total. The lowest BCUT2D eigenvalue weighted by Crippen LogP contribution is -2.45. The van der Waals surface area contributed by atoms with E-state index in [1.54, 1.807) is 0 Å². The highest BCUT2D eigenvalue weighted by Crippen LogP contribution is 2.21. The summed E-state index contributed by atoms with van der Waals surface area (Å²) < 4.78 is 36.7. The molecule has 0 bridgehead atoms. The number of hydrogen-bond donors (Lipinski definition) is 0. The summed E-state index contributed by atoms with van der Waals surface area (Å²) in [6, 6.07) is 0. The zero-order chi connectivity index (χ0) is 9.94. The second kappa shape index (κ2) is 3.55. The first-order valence-corrected chi connectivity index (χ1v) is 3.10. The molecule has 0 fully saturated rings. The quantitative estimate of drug-likeness (QED) is 0.561. The number of carboxylic acid groups (broad SMARTS) is 1. The normalized spacial score (nSPS) is 14.0. The fourth-order valence-electron chi connectivity index (χ4n) is 0.467. The summed E-state index contributed by atoms with van der Waals surface area (Å²) in [6.07, 6.45) is -4.18. The van der Waals surface area contributed by atoms with E-state index in [1.165, 1.54) is 0 Å². The summed E-state index contributed by atoms with van der Waals surface area (Å²) in [5.41, 5.74) is 0. The van der Waals surface area contributed by atoms with Gasteiger partial charge in [0.1, 0.15) is 0 Å². The number of halogens is 3. The molecule has 0 aliphatic rings. The van der Waals surface area contributed by atoms with Gasteiger partial charge in [0.05, 0.1) is 5.97 Å². The number of carbonyl (C=O) groups is 2. The van der Waals surface area contributed by atoms with E-state index >= 15 is 0 Å². The molecule has 0 amide bonds. The molecule has 0 aliphatic carbocycles. The first-order valence-electron chi connectivity index (χ1n) is 3.10. The van der Waals surface area contributed by atoms with Crippen molar-refractivity contribution < 1.29 is 27.9 Å². The van der Waals surface area contributed by atoms with Crippen LogP contribution in [0.3, 0.4) is 0 Å². The number of aliphatic carboxylic acids is 1. The number of Topliss-reactive ketones (excluding diaryl/α,β-unsaturated/α-hetero) is 1. The molecule has 70 valence electrons. The summed E-state index contributed by atoms with van der Waals surface area (Å²) in [5.74, 6) is -8.63. The number of carbonyl (C=O) groups excluding carboxylic acids is 2. The van der Waals surface area contributed by atoms with Crippen LogP contribution in [-0.2, 0) is 9.59 Å². The smallest absolute Gasteiger partial charge is 0.308 e.